The molecule has 0 saturated heterocycles. The van der Waals surface area contributed by atoms with E-state index >= 15 is 0 Å². The highest BCUT2D eigenvalue weighted by atomic mass is 16.6. The third-order valence-electron chi connectivity index (χ3n) is 4.58. The highest BCUT2D eigenvalue weighted by Gasteiger charge is 2.09. The smallest absolute Gasteiger partial charge is 0.269 e. The number of aromatic hydroxyl groups is 1. The van der Waals surface area contributed by atoms with Crippen LogP contribution in [-0.2, 0) is 0 Å². The molecule has 176 valence electrons. The fraction of sp³-hybridized carbons (Fsp3) is 0.0435. The molecule has 4 aromatic rings. The molecule has 0 fully saturated rings. The maximum atomic E-state index is 10.9. The third kappa shape index (κ3) is 6.16. The summed E-state index contributed by atoms with van der Waals surface area (Å²) in [6.07, 6.45) is 1.51. The fourth-order valence-electron chi connectivity index (χ4n) is 2.92. The number of ether oxygens (including phenoxy) is 1. The van der Waals surface area contributed by atoms with Crippen LogP contribution in [0.1, 0.15) is 5.56 Å². The summed E-state index contributed by atoms with van der Waals surface area (Å²) in [7, 11) is 1.46. The lowest BCUT2D eigenvalue weighted by atomic mass is 10.2. The van der Waals surface area contributed by atoms with Gasteiger partial charge in [0.15, 0.2) is 11.5 Å². The minimum atomic E-state index is -0.474. The maximum Gasteiger partial charge on any atom is 0.269 e. The van der Waals surface area contributed by atoms with Gasteiger partial charge in [0, 0.05) is 23.5 Å². The molecule has 0 aliphatic carbocycles. The summed E-state index contributed by atoms with van der Waals surface area (Å²) >= 11 is 0. The topological polar surface area (TPSA) is 160 Å². The van der Waals surface area contributed by atoms with Crippen molar-refractivity contribution in [3.63, 3.8) is 0 Å². The zero-order valence-corrected chi connectivity index (χ0v) is 18.4. The molecule has 0 aliphatic rings. The summed E-state index contributed by atoms with van der Waals surface area (Å²) in [6.45, 7) is 0. The Kier molecular flexibility index (Phi) is 6.92. The van der Waals surface area contributed by atoms with Crippen molar-refractivity contribution in [1.82, 2.24) is 15.0 Å². The van der Waals surface area contributed by atoms with Crippen LogP contribution in [0.2, 0.25) is 0 Å². The van der Waals surface area contributed by atoms with Gasteiger partial charge in [0.1, 0.15) is 0 Å². The largest absolute Gasteiger partial charge is 0.504 e. The Labute approximate surface area is 199 Å². The van der Waals surface area contributed by atoms with E-state index < -0.39 is 4.92 Å². The Morgan fingerprint density at radius 3 is 2.17 bits per heavy atom. The zero-order valence-electron chi connectivity index (χ0n) is 18.4. The molecule has 3 aromatic carbocycles. The maximum absolute atomic E-state index is 10.9. The first-order valence-electron chi connectivity index (χ1n) is 10.3. The molecule has 0 saturated carbocycles. The van der Waals surface area contributed by atoms with Crippen molar-refractivity contribution >= 4 is 41.1 Å². The highest BCUT2D eigenvalue weighted by molar-refractivity contribution is 5.81. The molecule has 0 aliphatic heterocycles. The van der Waals surface area contributed by atoms with Crippen LogP contribution in [0.5, 0.6) is 11.5 Å². The average molecular weight is 472 g/mol. The van der Waals surface area contributed by atoms with Gasteiger partial charge in [0.05, 0.1) is 18.2 Å². The van der Waals surface area contributed by atoms with E-state index in [-0.39, 0.29) is 29.3 Å². The molecule has 0 amide bonds. The van der Waals surface area contributed by atoms with Crippen molar-refractivity contribution in [2.45, 2.75) is 0 Å². The van der Waals surface area contributed by atoms with Gasteiger partial charge in [-0.05, 0) is 48.0 Å². The number of hydrogen-bond donors (Lipinski definition) is 4. The molecule has 0 bridgehead atoms. The first-order chi connectivity index (χ1) is 17.0. The number of nitrogens with zero attached hydrogens (tertiary/aromatic N) is 5. The number of nitro benzene ring substituents is 1. The molecule has 0 radical (unpaired) electrons. The Balaban J connectivity index is 1.57. The van der Waals surface area contributed by atoms with E-state index in [1.165, 1.54) is 31.5 Å². The van der Waals surface area contributed by atoms with Gasteiger partial charge >= 0.3 is 0 Å². The van der Waals surface area contributed by atoms with E-state index in [4.69, 9.17) is 4.74 Å². The molecule has 0 spiro atoms. The minimum Gasteiger partial charge on any atom is -0.504 e. The number of hydrogen-bond acceptors (Lipinski definition) is 11. The molecule has 1 aromatic heterocycles. The van der Waals surface area contributed by atoms with Gasteiger partial charge in [-0.25, -0.2) is 5.43 Å². The molecule has 12 heteroatoms. The van der Waals surface area contributed by atoms with E-state index in [0.717, 1.165) is 5.69 Å². The number of anilines is 5. The molecular weight excluding hydrogens is 452 g/mol. The zero-order chi connectivity index (χ0) is 24.6. The quantitative estimate of drug-likeness (QED) is 0.156. The summed E-state index contributed by atoms with van der Waals surface area (Å²) in [5.41, 5.74) is 4.73. The molecule has 35 heavy (non-hydrogen) atoms. The first kappa shape index (κ1) is 22.9. The Morgan fingerprint density at radius 2 is 1.54 bits per heavy atom. The molecular formula is C23H20N8O4. The number of nitro groups is 1. The average Bonchev–Trinajstić information content (AvgIpc) is 2.86. The van der Waals surface area contributed by atoms with Crippen LogP contribution >= 0.6 is 0 Å². The van der Waals surface area contributed by atoms with Gasteiger partial charge in [-0.1, -0.05) is 18.2 Å². The lowest BCUT2D eigenvalue weighted by Gasteiger charge is -2.10. The fourth-order valence-corrected chi connectivity index (χ4v) is 2.92. The monoisotopic (exact) mass is 472 g/mol. The normalized spacial score (nSPS) is 10.7. The minimum absolute atomic E-state index is 0.0219. The number of nitrogens with one attached hydrogen (secondary N) is 3. The number of phenolic OH excluding ortho intramolecular Hbond substituents is 1. The number of methoxy groups -OCH3 is 1. The number of non-ortho nitro benzene ring substituents is 1. The number of aromatic nitrogens is 3. The van der Waals surface area contributed by atoms with Crippen LogP contribution in [0, 0.1) is 10.1 Å². The van der Waals surface area contributed by atoms with Crippen molar-refractivity contribution in [1.29, 1.82) is 0 Å². The second kappa shape index (κ2) is 10.6. The predicted molar refractivity (Wildman–Crippen MR) is 132 cm³/mol. The van der Waals surface area contributed by atoms with Crippen molar-refractivity contribution in [2.24, 2.45) is 5.10 Å². The summed E-state index contributed by atoms with van der Waals surface area (Å²) in [4.78, 5) is 23.4. The van der Waals surface area contributed by atoms with Crippen LogP contribution in [0.3, 0.4) is 0 Å². The van der Waals surface area contributed by atoms with Gasteiger partial charge in [0.2, 0.25) is 17.8 Å². The predicted octanol–water partition coefficient (Wildman–Crippen LogP) is 4.43. The molecule has 0 atom stereocenters. The number of para-hydroxylation sites is 1. The van der Waals surface area contributed by atoms with Crippen LogP contribution < -0.4 is 20.8 Å². The lowest BCUT2D eigenvalue weighted by molar-refractivity contribution is -0.384. The summed E-state index contributed by atoms with van der Waals surface area (Å²) in [5, 5.41) is 30.9. The van der Waals surface area contributed by atoms with Gasteiger partial charge in [-0.2, -0.15) is 20.1 Å². The molecule has 0 unspecified atom stereocenters. The summed E-state index contributed by atoms with van der Waals surface area (Å²) in [5.74, 6) is 0.924. The highest BCUT2D eigenvalue weighted by Crippen LogP contribution is 2.25. The second-order valence-corrected chi connectivity index (χ2v) is 7.03. The lowest BCUT2D eigenvalue weighted by Crippen LogP contribution is -2.07. The standard InChI is InChI=1S/C23H20N8O4/c1-35-20-13-15(7-12-19(20)32)14-24-30-23-28-21(25-16-5-3-2-4-6-16)27-22(29-23)26-17-8-10-18(11-9-17)31(33)34/h2-14,32H,1H3,(H3,25,26,27,28,29,30)/b24-14-. The molecule has 4 rings (SSSR count). The second-order valence-electron chi connectivity index (χ2n) is 7.03. The van der Waals surface area contributed by atoms with E-state index in [0.29, 0.717) is 17.0 Å². The summed E-state index contributed by atoms with van der Waals surface area (Å²) in [6, 6.07) is 20.0. The van der Waals surface area contributed by atoms with Gasteiger partial charge < -0.3 is 20.5 Å². The van der Waals surface area contributed by atoms with Crippen LogP contribution in [0.25, 0.3) is 0 Å². The molecule has 1 heterocycles. The Hall–Kier alpha value is -5.26. The van der Waals surface area contributed by atoms with E-state index in [1.807, 2.05) is 30.3 Å². The molecule has 12 nitrogen and oxygen atoms in total. The first-order valence-corrected chi connectivity index (χ1v) is 10.3. The van der Waals surface area contributed by atoms with Gasteiger partial charge in [0.25, 0.3) is 5.69 Å². The van der Waals surface area contributed by atoms with E-state index in [9.17, 15) is 15.2 Å². The van der Waals surface area contributed by atoms with Crippen LogP contribution in [0.4, 0.5) is 34.9 Å². The third-order valence-corrected chi connectivity index (χ3v) is 4.58. The number of phenols is 1. The van der Waals surface area contributed by atoms with Gasteiger partial charge in [-0.3, -0.25) is 10.1 Å². The van der Waals surface area contributed by atoms with Crippen LogP contribution in [-0.4, -0.2) is 38.3 Å². The van der Waals surface area contributed by atoms with Crippen molar-refractivity contribution in [3.05, 3.63) is 88.5 Å². The summed E-state index contributed by atoms with van der Waals surface area (Å²) < 4.78 is 5.10. The van der Waals surface area contributed by atoms with E-state index in [2.05, 4.69) is 36.1 Å². The van der Waals surface area contributed by atoms with E-state index in [1.54, 1.807) is 24.3 Å². The number of rotatable bonds is 9. The SMILES string of the molecule is COc1cc(/C=N\Nc2nc(Nc3ccccc3)nc(Nc3ccc([N+](=O)[O-])cc3)n2)ccc1O. The van der Waals surface area contributed by atoms with Gasteiger partial charge in [-0.15, -0.1) is 0 Å². The molecule has 4 N–H and O–H groups in total. The Bertz CT molecular complexity index is 1350. The van der Waals surface area contributed by atoms with Crippen molar-refractivity contribution in [2.75, 3.05) is 23.2 Å². The van der Waals surface area contributed by atoms with Crippen LogP contribution in [0.15, 0.2) is 77.9 Å². The number of benzene rings is 3. The number of hydrazone groups is 1. The van der Waals surface area contributed by atoms with Crippen molar-refractivity contribution < 1.29 is 14.8 Å². The Morgan fingerprint density at radius 1 is 0.914 bits per heavy atom. The van der Waals surface area contributed by atoms with Crippen molar-refractivity contribution in [3.8, 4) is 11.5 Å².